The topological polar surface area (TPSA) is 22.0 Å². The standard InChI is InChI=1S/C20H15NOS/c22-20(13-23)14-9-11-15(12-10-14)21-18-7-3-1-5-16(18)17-6-2-4-8-19(17)21/h1-12,23H,13H2. The minimum absolute atomic E-state index is 0.0436. The minimum Gasteiger partial charge on any atom is -0.309 e. The second-order valence-electron chi connectivity index (χ2n) is 5.50. The number of thiol groups is 1. The van der Waals surface area contributed by atoms with Crippen LogP contribution in [0.25, 0.3) is 27.5 Å². The number of Topliss-reactive ketones (excluding diaryl/α,β-unsaturated/α-hetero) is 1. The number of ketones is 1. The van der Waals surface area contributed by atoms with Gasteiger partial charge in [0.2, 0.25) is 0 Å². The van der Waals surface area contributed by atoms with Gasteiger partial charge in [0.05, 0.1) is 16.8 Å². The third-order valence-electron chi connectivity index (χ3n) is 4.17. The van der Waals surface area contributed by atoms with Gasteiger partial charge in [-0.15, -0.1) is 0 Å². The average Bonchev–Trinajstić information content (AvgIpc) is 2.96. The SMILES string of the molecule is O=C(CS)c1ccc(-n2c3ccccc3c3ccccc32)cc1. The normalized spacial score (nSPS) is 11.2. The maximum Gasteiger partial charge on any atom is 0.172 e. The van der Waals surface area contributed by atoms with E-state index in [1.54, 1.807) is 0 Å². The van der Waals surface area contributed by atoms with Crippen LogP contribution in [0.5, 0.6) is 0 Å². The molecule has 0 amide bonds. The second kappa shape index (κ2) is 5.60. The summed E-state index contributed by atoms with van der Waals surface area (Å²) in [6.45, 7) is 0. The number of hydrogen-bond acceptors (Lipinski definition) is 2. The van der Waals surface area contributed by atoms with Crippen LogP contribution in [-0.4, -0.2) is 16.1 Å². The van der Waals surface area contributed by atoms with Crippen LogP contribution in [0.15, 0.2) is 72.8 Å². The number of para-hydroxylation sites is 2. The van der Waals surface area contributed by atoms with Gasteiger partial charge in [-0.25, -0.2) is 0 Å². The van der Waals surface area contributed by atoms with Gasteiger partial charge < -0.3 is 4.57 Å². The van der Waals surface area contributed by atoms with Crippen LogP contribution in [0.1, 0.15) is 10.4 Å². The highest BCUT2D eigenvalue weighted by molar-refractivity contribution is 7.81. The summed E-state index contributed by atoms with van der Waals surface area (Å²) in [6, 6.07) is 24.5. The van der Waals surface area contributed by atoms with Crippen molar-refractivity contribution in [3.8, 4) is 5.69 Å². The molecule has 0 aliphatic carbocycles. The zero-order chi connectivity index (χ0) is 15.8. The highest BCUT2D eigenvalue weighted by Crippen LogP contribution is 2.31. The van der Waals surface area contributed by atoms with Crippen LogP contribution in [0.3, 0.4) is 0 Å². The Hall–Kier alpha value is -2.52. The van der Waals surface area contributed by atoms with Gasteiger partial charge in [0.1, 0.15) is 0 Å². The Labute approximate surface area is 139 Å². The lowest BCUT2D eigenvalue weighted by atomic mass is 10.1. The molecular weight excluding hydrogens is 302 g/mol. The number of nitrogens with zero attached hydrogens (tertiary/aromatic N) is 1. The summed E-state index contributed by atoms with van der Waals surface area (Å²) < 4.78 is 2.24. The molecule has 0 radical (unpaired) electrons. The van der Waals surface area contributed by atoms with E-state index in [-0.39, 0.29) is 11.5 Å². The molecule has 0 saturated carbocycles. The minimum atomic E-state index is 0.0436. The van der Waals surface area contributed by atoms with Gasteiger partial charge in [-0.05, 0) is 36.4 Å². The molecule has 0 N–H and O–H groups in total. The maximum atomic E-state index is 11.8. The molecule has 0 bridgehead atoms. The van der Waals surface area contributed by atoms with Gasteiger partial charge >= 0.3 is 0 Å². The fraction of sp³-hybridized carbons (Fsp3) is 0.0500. The van der Waals surface area contributed by atoms with Crippen molar-refractivity contribution in [2.24, 2.45) is 0 Å². The average molecular weight is 317 g/mol. The number of aromatic nitrogens is 1. The molecule has 112 valence electrons. The molecular formula is C20H15NOS. The Morgan fingerprint density at radius 2 is 1.30 bits per heavy atom. The van der Waals surface area contributed by atoms with Crippen LogP contribution in [0.2, 0.25) is 0 Å². The lowest BCUT2D eigenvalue weighted by Crippen LogP contribution is -2.01. The summed E-state index contributed by atoms with van der Waals surface area (Å²) in [6.07, 6.45) is 0. The summed E-state index contributed by atoms with van der Waals surface area (Å²) in [4.78, 5) is 11.8. The molecule has 0 spiro atoms. The van der Waals surface area contributed by atoms with Crippen molar-refractivity contribution in [3.05, 3.63) is 78.4 Å². The van der Waals surface area contributed by atoms with Crippen molar-refractivity contribution in [3.63, 3.8) is 0 Å². The number of carbonyl (C=O) groups is 1. The summed E-state index contributed by atoms with van der Waals surface area (Å²) in [5, 5.41) is 2.47. The Bertz CT molecular complexity index is 962. The van der Waals surface area contributed by atoms with Crippen molar-refractivity contribution in [1.29, 1.82) is 0 Å². The monoisotopic (exact) mass is 317 g/mol. The summed E-state index contributed by atoms with van der Waals surface area (Å²) in [5.41, 5.74) is 4.09. The number of carbonyl (C=O) groups excluding carboxylic acids is 1. The first-order chi connectivity index (χ1) is 11.3. The molecule has 0 aliphatic heterocycles. The Kier molecular flexibility index (Phi) is 3.43. The largest absolute Gasteiger partial charge is 0.309 e. The lowest BCUT2D eigenvalue weighted by Gasteiger charge is -2.08. The van der Waals surface area contributed by atoms with E-state index in [4.69, 9.17) is 0 Å². The van der Waals surface area contributed by atoms with Crippen molar-refractivity contribution in [2.45, 2.75) is 0 Å². The van der Waals surface area contributed by atoms with Crippen LogP contribution >= 0.6 is 12.6 Å². The molecule has 23 heavy (non-hydrogen) atoms. The summed E-state index contributed by atoms with van der Waals surface area (Å²) >= 11 is 4.05. The lowest BCUT2D eigenvalue weighted by molar-refractivity contribution is 0.102. The zero-order valence-electron chi connectivity index (χ0n) is 12.4. The molecule has 3 heteroatoms. The molecule has 1 aromatic heterocycles. The number of rotatable bonds is 3. The molecule has 0 aliphatic rings. The van der Waals surface area contributed by atoms with E-state index in [2.05, 4.69) is 65.7 Å². The fourth-order valence-electron chi connectivity index (χ4n) is 3.09. The second-order valence-corrected chi connectivity index (χ2v) is 5.81. The number of fused-ring (bicyclic) bond motifs is 3. The number of hydrogen-bond donors (Lipinski definition) is 1. The van der Waals surface area contributed by atoms with Crippen molar-refractivity contribution in [2.75, 3.05) is 5.75 Å². The first kappa shape index (κ1) is 14.1. The molecule has 4 rings (SSSR count). The molecule has 3 aromatic carbocycles. The summed E-state index contributed by atoms with van der Waals surface area (Å²) in [7, 11) is 0. The van der Waals surface area contributed by atoms with E-state index in [9.17, 15) is 4.79 Å². The zero-order valence-corrected chi connectivity index (χ0v) is 13.3. The Morgan fingerprint density at radius 3 is 1.83 bits per heavy atom. The van der Waals surface area contributed by atoms with Crippen LogP contribution in [0.4, 0.5) is 0 Å². The van der Waals surface area contributed by atoms with Gasteiger partial charge in [0, 0.05) is 22.0 Å². The first-order valence-electron chi connectivity index (χ1n) is 7.52. The van der Waals surface area contributed by atoms with E-state index >= 15 is 0 Å². The number of benzene rings is 3. The van der Waals surface area contributed by atoms with E-state index in [0.717, 1.165) is 5.69 Å². The molecule has 0 unspecified atom stereocenters. The smallest absolute Gasteiger partial charge is 0.172 e. The Morgan fingerprint density at radius 1 is 0.783 bits per heavy atom. The molecule has 0 saturated heterocycles. The third kappa shape index (κ3) is 2.25. The summed E-state index contributed by atoms with van der Waals surface area (Å²) in [5.74, 6) is 0.274. The molecule has 2 nitrogen and oxygen atoms in total. The van der Waals surface area contributed by atoms with Gasteiger partial charge in [0.25, 0.3) is 0 Å². The molecule has 4 aromatic rings. The van der Waals surface area contributed by atoms with Gasteiger partial charge in [-0.1, -0.05) is 36.4 Å². The van der Waals surface area contributed by atoms with Crippen molar-refractivity contribution in [1.82, 2.24) is 4.57 Å². The predicted octanol–water partition coefficient (Wildman–Crippen LogP) is 4.90. The van der Waals surface area contributed by atoms with E-state index < -0.39 is 0 Å². The third-order valence-corrected chi connectivity index (χ3v) is 4.46. The Balaban J connectivity index is 1.98. The predicted molar refractivity (Wildman–Crippen MR) is 99.0 cm³/mol. The van der Waals surface area contributed by atoms with Crippen molar-refractivity contribution < 1.29 is 4.79 Å². The molecule has 1 heterocycles. The van der Waals surface area contributed by atoms with Crippen LogP contribution < -0.4 is 0 Å². The maximum absolute atomic E-state index is 11.8. The first-order valence-corrected chi connectivity index (χ1v) is 8.15. The molecule has 0 fully saturated rings. The highest BCUT2D eigenvalue weighted by Gasteiger charge is 2.11. The van der Waals surface area contributed by atoms with E-state index in [0.29, 0.717) is 5.56 Å². The molecule has 0 atom stereocenters. The van der Waals surface area contributed by atoms with Crippen LogP contribution in [0, 0.1) is 0 Å². The van der Waals surface area contributed by atoms with Gasteiger partial charge in [-0.3, -0.25) is 4.79 Å². The van der Waals surface area contributed by atoms with E-state index in [1.165, 1.54) is 21.8 Å². The fourth-order valence-corrected chi connectivity index (χ4v) is 3.27. The van der Waals surface area contributed by atoms with Crippen molar-refractivity contribution >= 4 is 40.2 Å². The highest BCUT2D eigenvalue weighted by atomic mass is 32.1. The van der Waals surface area contributed by atoms with Crippen LogP contribution in [-0.2, 0) is 0 Å². The quantitative estimate of drug-likeness (QED) is 0.421. The van der Waals surface area contributed by atoms with E-state index in [1.807, 2.05) is 24.3 Å². The van der Waals surface area contributed by atoms with Gasteiger partial charge in [-0.2, -0.15) is 12.6 Å². The van der Waals surface area contributed by atoms with Gasteiger partial charge in [0.15, 0.2) is 5.78 Å².